The van der Waals surface area contributed by atoms with Crippen molar-refractivity contribution in [2.75, 3.05) is 5.32 Å². The third-order valence-electron chi connectivity index (χ3n) is 3.88. The SMILES string of the molecule is C=C(CCC(C)C(=O)Nc1ccc(F)cc1)NC(=O)c1cc(C)ccn1. The highest BCUT2D eigenvalue weighted by Crippen LogP contribution is 2.14. The lowest BCUT2D eigenvalue weighted by atomic mass is 10.0. The van der Waals surface area contributed by atoms with Gasteiger partial charge in [0.05, 0.1) is 0 Å². The lowest BCUT2D eigenvalue weighted by Crippen LogP contribution is -2.25. The van der Waals surface area contributed by atoms with Crippen molar-refractivity contribution in [3.63, 3.8) is 0 Å². The molecule has 0 aliphatic rings. The molecule has 1 heterocycles. The van der Waals surface area contributed by atoms with Gasteiger partial charge in [-0.15, -0.1) is 0 Å². The molecule has 2 amide bonds. The Balaban J connectivity index is 1.79. The number of carbonyl (C=O) groups excluding carboxylic acids is 2. The first-order chi connectivity index (χ1) is 12.3. The predicted molar refractivity (Wildman–Crippen MR) is 99.0 cm³/mol. The number of nitrogens with zero attached hydrogens (tertiary/aromatic N) is 1. The van der Waals surface area contributed by atoms with Gasteiger partial charge in [0.2, 0.25) is 5.91 Å². The Kier molecular flexibility index (Phi) is 6.60. The van der Waals surface area contributed by atoms with Gasteiger partial charge in [-0.05, 0) is 61.7 Å². The van der Waals surface area contributed by atoms with E-state index in [2.05, 4.69) is 22.2 Å². The fourth-order valence-corrected chi connectivity index (χ4v) is 2.27. The molecule has 0 spiro atoms. The van der Waals surface area contributed by atoms with E-state index in [0.717, 1.165) is 5.56 Å². The monoisotopic (exact) mass is 355 g/mol. The third kappa shape index (κ3) is 5.81. The number of hydrogen-bond acceptors (Lipinski definition) is 3. The molecule has 0 bridgehead atoms. The molecule has 0 saturated heterocycles. The number of carbonyl (C=O) groups is 2. The van der Waals surface area contributed by atoms with Gasteiger partial charge in [0.25, 0.3) is 5.91 Å². The van der Waals surface area contributed by atoms with Gasteiger partial charge >= 0.3 is 0 Å². The molecular formula is C20H22FN3O2. The van der Waals surface area contributed by atoms with Gasteiger partial charge in [-0.2, -0.15) is 0 Å². The molecular weight excluding hydrogens is 333 g/mol. The van der Waals surface area contributed by atoms with Crippen molar-refractivity contribution in [3.8, 4) is 0 Å². The molecule has 1 atom stereocenters. The fourth-order valence-electron chi connectivity index (χ4n) is 2.27. The highest BCUT2D eigenvalue weighted by atomic mass is 19.1. The van der Waals surface area contributed by atoms with Crippen molar-refractivity contribution in [1.29, 1.82) is 0 Å². The maximum atomic E-state index is 12.9. The van der Waals surface area contributed by atoms with Crippen LogP contribution in [-0.2, 0) is 4.79 Å². The Morgan fingerprint density at radius 1 is 1.23 bits per heavy atom. The standard InChI is InChI=1S/C20H22FN3O2/c1-13-10-11-22-18(12-13)20(26)23-15(3)5-4-14(2)19(25)24-17-8-6-16(21)7-9-17/h6-12,14H,3-5H2,1-2H3,(H,23,26)(H,24,25). The third-order valence-corrected chi connectivity index (χ3v) is 3.88. The minimum absolute atomic E-state index is 0.170. The van der Waals surface area contributed by atoms with Crippen molar-refractivity contribution in [2.24, 2.45) is 5.92 Å². The largest absolute Gasteiger partial charge is 0.326 e. The summed E-state index contributed by atoms with van der Waals surface area (Å²) in [6.07, 6.45) is 2.57. The summed E-state index contributed by atoms with van der Waals surface area (Å²) in [5.41, 5.74) is 2.34. The first kappa shape index (κ1) is 19.3. The first-order valence-electron chi connectivity index (χ1n) is 8.33. The van der Waals surface area contributed by atoms with Crippen LogP contribution in [0.3, 0.4) is 0 Å². The van der Waals surface area contributed by atoms with Crippen molar-refractivity contribution in [1.82, 2.24) is 10.3 Å². The molecule has 2 rings (SSSR count). The minimum atomic E-state index is -0.355. The fraction of sp³-hybridized carbons (Fsp3) is 0.250. The number of aromatic nitrogens is 1. The van der Waals surface area contributed by atoms with Crippen molar-refractivity contribution in [2.45, 2.75) is 26.7 Å². The second-order valence-corrected chi connectivity index (χ2v) is 6.21. The molecule has 26 heavy (non-hydrogen) atoms. The van der Waals surface area contributed by atoms with Crippen LogP contribution in [-0.4, -0.2) is 16.8 Å². The Bertz CT molecular complexity index is 803. The Morgan fingerprint density at radius 2 is 1.92 bits per heavy atom. The molecule has 5 nitrogen and oxygen atoms in total. The van der Waals surface area contributed by atoms with Crippen molar-refractivity contribution >= 4 is 17.5 Å². The lowest BCUT2D eigenvalue weighted by molar-refractivity contribution is -0.119. The van der Waals surface area contributed by atoms with E-state index < -0.39 is 0 Å². The summed E-state index contributed by atoms with van der Waals surface area (Å²) in [5.74, 6) is -1.13. The number of hydrogen-bond donors (Lipinski definition) is 2. The smallest absolute Gasteiger partial charge is 0.273 e. The quantitative estimate of drug-likeness (QED) is 0.793. The number of aryl methyl sites for hydroxylation is 1. The number of pyridine rings is 1. The van der Waals surface area contributed by atoms with Crippen LogP contribution in [0.25, 0.3) is 0 Å². The highest BCUT2D eigenvalue weighted by molar-refractivity contribution is 5.93. The average Bonchev–Trinajstić information content (AvgIpc) is 2.61. The van der Waals surface area contributed by atoms with E-state index in [4.69, 9.17) is 0 Å². The minimum Gasteiger partial charge on any atom is -0.326 e. The summed E-state index contributed by atoms with van der Waals surface area (Å²) in [5, 5.41) is 5.44. The molecule has 0 aliphatic heterocycles. The van der Waals surface area contributed by atoms with Gasteiger partial charge in [-0.25, -0.2) is 4.39 Å². The molecule has 1 unspecified atom stereocenters. The summed E-state index contributed by atoms with van der Waals surface area (Å²) in [6.45, 7) is 7.51. The Hall–Kier alpha value is -3.02. The van der Waals surface area contributed by atoms with Gasteiger partial charge < -0.3 is 10.6 Å². The molecule has 1 aromatic heterocycles. The van der Waals surface area contributed by atoms with E-state index in [1.165, 1.54) is 24.3 Å². The summed E-state index contributed by atoms with van der Waals surface area (Å²) in [6, 6.07) is 9.10. The number of benzene rings is 1. The normalized spacial score (nSPS) is 11.5. The van der Waals surface area contributed by atoms with E-state index >= 15 is 0 Å². The van der Waals surface area contributed by atoms with Crippen LogP contribution in [0.2, 0.25) is 0 Å². The molecule has 136 valence electrons. The lowest BCUT2D eigenvalue weighted by Gasteiger charge is -2.14. The molecule has 6 heteroatoms. The zero-order valence-electron chi connectivity index (χ0n) is 14.9. The van der Waals surface area contributed by atoms with Crippen LogP contribution in [0.1, 0.15) is 35.8 Å². The molecule has 0 fully saturated rings. The zero-order chi connectivity index (χ0) is 19.1. The second kappa shape index (κ2) is 8.89. The number of anilines is 1. The van der Waals surface area contributed by atoms with E-state index in [1.807, 2.05) is 13.0 Å². The van der Waals surface area contributed by atoms with Crippen LogP contribution in [0.5, 0.6) is 0 Å². The van der Waals surface area contributed by atoms with Crippen LogP contribution in [0.4, 0.5) is 10.1 Å². The second-order valence-electron chi connectivity index (χ2n) is 6.21. The maximum absolute atomic E-state index is 12.9. The topological polar surface area (TPSA) is 71.1 Å². The van der Waals surface area contributed by atoms with Crippen molar-refractivity contribution < 1.29 is 14.0 Å². The highest BCUT2D eigenvalue weighted by Gasteiger charge is 2.15. The molecule has 0 saturated carbocycles. The van der Waals surface area contributed by atoms with E-state index in [-0.39, 0.29) is 23.5 Å². The predicted octanol–water partition coefficient (Wildman–Crippen LogP) is 3.83. The average molecular weight is 355 g/mol. The van der Waals surface area contributed by atoms with Gasteiger partial charge in [0.15, 0.2) is 0 Å². The van der Waals surface area contributed by atoms with Gasteiger partial charge in [-0.3, -0.25) is 14.6 Å². The first-order valence-corrected chi connectivity index (χ1v) is 8.33. The molecule has 0 aliphatic carbocycles. The van der Waals surface area contributed by atoms with Gasteiger partial charge in [0, 0.05) is 23.5 Å². The number of halogens is 1. The summed E-state index contributed by atoms with van der Waals surface area (Å²) >= 11 is 0. The Labute approximate surface area is 152 Å². The molecule has 0 radical (unpaired) electrons. The Morgan fingerprint density at radius 3 is 2.58 bits per heavy atom. The van der Waals surface area contributed by atoms with Crippen LogP contribution in [0, 0.1) is 18.7 Å². The summed E-state index contributed by atoms with van der Waals surface area (Å²) in [4.78, 5) is 28.3. The zero-order valence-corrected chi connectivity index (χ0v) is 14.9. The van der Waals surface area contributed by atoms with E-state index in [0.29, 0.717) is 29.9 Å². The van der Waals surface area contributed by atoms with Crippen LogP contribution in [0.15, 0.2) is 54.9 Å². The number of amides is 2. The number of rotatable bonds is 7. The van der Waals surface area contributed by atoms with Gasteiger partial charge in [-0.1, -0.05) is 13.5 Å². The van der Waals surface area contributed by atoms with Crippen LogP contribution >= 0.6 is 0 Å². The van der Waals surface area contributed by atoms with Crippen molar-refractivity contribution in [3.05, 3.63) is 71.9 Å². The molecule has 1 aromatic carbocycles. The summed E-state index contributed by atoms with van der Waals surface area (Å²) < 4.78 is 12.9. The molecule has 2 N–H and O–H groups in total. The number of allylic oxidation sites excluding steroid dienone is 1. The summed E-state index contributed by atoms with van der Waals surface area (Å²) in [7, 11) is 0. The molecule has 2 aromatic rings. The van der Waals surface area contributed by atoms with E-state index in [1.54, 1.807) is 19.2 Å². The van der Waals surface area contributed by atoms with E-state index in [9.17, 15) is 14.0 Å². The van der Waals surface area contributed by atoms with Crippen LogP contribution < -0.4 is 10.6 Å². The maximum Gasteiger partial charge on any atom is 0.273 e. The van der Waals surface area contributed by atoms with Gasteiger partial charge in [0.1, 0.15) is 11.5 Å². The number of nitrogens with one attached hydrogen (secondary N) is 2.